The van der Waals surface area contributed by atoms with Crippen LogP contribution in [-0.4, -0.2) is 52.1 Å². The van der Waals surface area contributed by atoms with Crippen LogP contribution in [0.2, 0.25) is 0 Å². The van der Waals surface area contributed by atoms with E-state index < -0.39 is 17.1 Å². The molecule has 1 aromatic heterocycles. The molecule has 1 aliphatic rings. The highest BCUT2D eigenvalue weighted by atomic mass is 32.2. The number of aromatic amines is 1. The van der Waals surface area contributed by atoms with Gasteiger partial charge in [-0.2, -0.15) is 0 Å². The van der Waals surface area contributed by atoms with Gasteiger partial charge in [-0.25, -0.2) is 4.98 Å². The lowest BCUT2D eigenvalue weighted by Crippen LogP contribution is -2.40. The molecule has 2 N–H and O–H groups in total. The van der Waals surface area contributed by atoms with E-state index in [4.69, 9.17) is 4.74 Å². The van der Waals surface area contributed by atoms with E-state index in [0.717, 1.165) is 22.4 Å². The van der Waals surface area contributed by atoms with E-state index in [1.165, 1.54) is 7.11 Å². The molecule has 0 bridgehead atoms. The van der Waals surface area contributed by atoms with Crippen LogP contribution in [0.3, 0.4) is 0 Å². The van der Waals surface area contributed by atoms with Crippen molar-refractivity contribution in [3.63, 3.8) is 0 Å². The van der Waals surface area contributed by atoms with Crippen molar-refractivity contribution in [3.8, 4) is 5.75 Å². The van der Waals surface area contributed by atoms with Gasteiger partial charge in [-0.3, -0.25) is 19.3 Å². The number of imidazole rings is 1. The minimum absolute atomic E-state index is 0.259. The third kappa shape index (κ3) is 4.56. The largest absolute Gasteiger partial charge is 0.496 e. The normalized spacial score (nSPS) is 15.4. The zero-order valence-electron chi connectivity index (χ0n) is 14.6. The fraction of sp³-hybridized carbons (Fsp3) is 0.222. The first-order valence-corrected chi connectivity index (χ1v) is 9.02. The van der Waals surface area contributed by atoms with Gasteiger partial charge in [0.15, 0.2) is 0 Å². The number of benzene rings is 1. The third-order valence-electron chi connectivity index (χ3n) is 3.87. The highest BCUT2D eigenvalue weighted by Crippen LogP contribution is 2.33. The Hall–Kier alpha value is -3.07. The minimum atomic E-state index is -0.486. The molecule has 27 heavy (non-hydrogen) atoms. The molecule has 1 aliphatic heterocycles. The number of nitrogens with zero attached hydrogens (tertiary/aromatic N) is 2. The number of hydrogen-bond donors (Lipinski definition) is 2. The topological polar surface area (TPSA) is 104 Å². The number of aromatic nitrogens is 2. The molecule has 0 atom stereocenters. The van der Waals surface area contributed by atoms with Crippen LogP contribution in [0.5, 0.6) is 5.75 Å². The standard InChI is InChI=1S/C18H18N4O4S/c1-26-14-5-3-2-4-12(14)8-15-17(24)22(18(25)27-15)10-16(23)20-7-6-13-9-19-11-21-13/h2-5,8-9,11H,6-7,10H2,1H3,(H,19,21)(H,20,23)/b15-8-. The van der Waals surface area contributed by atoms with Crippen molar-refractivity contribution in [2.75, 3.05) is 20.2 Å². The number of carbonyl (C=O) groups excluding carboxylic acids is 3. The Morgan fingerprint density at radius 2 is 2.19 bits per heavy atom. The monoisotopic (exact) mass is 386 g/mol. The molecular formula is C18H18N4O4S. The van der Waals surface area contributed by atoms with Gasteiger partial charge in [-0.05, 0) is 23.9 Å². The van der Waals surface area contributed by atoms with Gasteiger partial charge in [0.05, 0.1) is 18.3 Å². The summed E-state index contributed by atoms with van der Waals surface area (Å²) in [6.07, 6.45) is 5.41. The quantitative estimate of drug-likeness (QED) is 0.704. The molecule has 3 rings (SSSR count). The molecule has 0 aliphatic carbocycles. The second kappa shape index (κ2) is 8.54. The number of nitrogens with one attached hydrogen (secondary N) is 2. The van der Waals surface area contributed by atoms with E-state index in [-0.39, 0.29) is 11.4 Å². The average Bonchev–Trinajstić information content (AvgIpc) is 3.26. The van der Waals surface area contributed by atoms with Gasteiger partial charge in [0.2, 0.25) is 5.91 Å². The predicted octanol–water partition coefficient (Wildman–Crippen LogP) is 1.81. The van der Waals surface area contributed by atoms with E-state index in [2.05, 4.69) is 15.3 Å². The number of methoxy groups -OCH3 is 1. The summed E-state index contributed by atoms with van der Waals surface area (Å²) in [5, 5.41) is 2.22. The number of rotatable bonds is 7. The third-order valence-corrected chi connectivity index (χ3v) is 4.78. The van der Waals surface area contributed by atoms with Gasteiger partial charge in [-0.15, -0.1) is 0 Å². The molecule has 1 saturated heterocycles. The number of para-hydroxylation sites is 1. The number of H-pyrrole nitrogens is 1. The lowest BCUT2D eigenvalue weighted by molar-refractivity contribution is -0.129. The van der Waals surface area contributed by atoms with Gasteiger partial charge in [-0.1, -0.05) is 18.2 Å². The lowest BCUT2D eigenvalue weighted by Gasteiger charge is -2.12. The first kappa shape index (κ1) is 18.7. The highest BCUT2D eigenvalue weighted by Gasteiger charge is 2.36. The summed E-state index contributed by atoms with van der Waals surface area (Å²) in [5.41, 5.74) is 1.58. The van der Waals surface area contributed by atoms with Crippen LogP contribution in [-0.2, 0) is 16.0 Å². The number of amides is 3. The Morgan fingerprint density at radius 3 is 2.93 bits per heavy atom. The van der Waals surface area contributed by atoms with Crippen molar-refractivity contribution >= 4 is 34.9 Å². The van der Waals surface area contributed by atoms with Gasteiger partial charge in [0.1, 0.15) is 12.3 Å². The second-order valence-corrected chi connectivity index (χ2v) is 6.68. The molecule has 0 radical (unpaired) electrons. The Kier molecular flexibility index (Phi) is 5.92. The van der Waals surface area contributed by atoms with Crippen LogP contribution in [0.15, 0.2) is 41.7 Å². The van der Waals surface area contributed by atoms with Crippen LogP contribution in [0.25, 0.3) is 6.08 Å². The number of carbonyl (C=O) groups is 3. The molecule has 0 spiro atoms. The molecule has 1 aromatic carbocycles. The van der Waals surface area contributed by atoms with E-state index in [0.29, 0.717) is 24.3 Å². The Morgan fingerprint density at radius 1 is 1.37 bits per heavy atom. The van der Waals surface area contributed by atoms with Crippen molar-refractivity contribution in [2.24, 2.45) is 0 Å². The van der Waals surface area contributed by atoms with E-state index in [9.17, 15) is 14.4 Å². The minimum Gasteiger partial charge on any atom is -0.496 e. The summed E-state index contributed by atoms with van der Waals surface area (Å²) in [5.74, 6) is -0.282. The lowest BCUT2D eigenvalue weighted by atomic mass is 10.2. The van der Waals surface area contributed by atoms with Gasteiger partial charge >= 0.3 is 0 Å². The SMILES string of the molecule is COc1ccccc1/C=C1\SC(=O)N(CC(=O)NCCc2cnc[nH]2)C1=O. The molecule has 1 fully saturated rings. The Labute approximate surface area is 160 Å². The van der Waals surface area contributed by atoms with Crippen molar-refractivity contribution in [3.05, 3.63) is 53.0 Å². The smallest absolute Gasteiger partial charge is 0.294 e. The van der Waals surface area contributed by atoms with Gasteiger partial charge < -0.3 is 15.0 Å². The zero-order chi connectivity index (χ0) is 19.2. The van der Waals surface area contributed by atoms with Gasteiger partial charge in [0, 0.05) is 30.4 Å². The van der Waals surface area contributed by atoms with E-state index in [1.807, 2.05) is 12.1 Å². The summed E-state index contributed by atoms with van der Waals surface area (Å²) in [4.78, 5) is 44.7. The van der Waals surface area contributed by atoms with Crippen molar-refractivity contribution in [1.82, 2.24) is 20.2 Å². The number of imide groups is 1. The summed E-state index contributed by atoms with van der Waals surface area (Å²) in [7, 11) is 1.53. The second-order valence-electron chi connectivity index (χ2n) is 5.69. The van der Waals surface area contributed by atoms with Crippen molar-refractivity contribution < 1.29 is 19.1 Å². The Bertz CT molecular complexity index is 879. The fourth-order valence-electron chi connectivity index (χ4n) is 2.52. The molecule has 9 heteroatoms. The summed E-state index contributed by atoms with van der Waals surface area (Å²) in [6.45, 7) is 0.0746. The molecule has 8 nitrogen and oxygen atoms in total. The zero-order valence-corrected chi connectivity index (χ0v) is 15.4. The predicted molar refractivity (Wildman–Crippen MR) is 101 cm³/mol. The van der Waals surface area contributed by atoms with Crippen LogP contribution < -0.4 is 10.1 Å². The average molecular weight is 386 g/mol. The van der Waals surface area contributed by atoms with E-state index in [1.54, 1.807) is 30.7 Å². The van der Waals surface area contributed by atoms with Crippen LogP contribution in [0.1, 0.15) is 11.3 Å². The number of hydrogen-bond acceptors (Lipinski definition) is 6. The summed E-state index contributed by atoms with van der Waals surface area (Å²) >= 11 is 0.809. The van der Waals surface area contributed by atoms with Crippen molar-refractivity contribution in [2.45, 2.75) is 6.42 Å². The molecule has 2 aromatic rings. The molecule has 0 unspecified atom stereocenters. The molecular weight excluding hydrogens is 368 g/mol. The molecule has 2 heterocycles. The van der Waals surface area contributed by atoms with Gasteiger partial charge in [0.25, 0.3) is 11.1 Å². The summed E-state index contributed by atoms with van der Waals surface area (Å²) < 4.78 is 5.25. The summed E-state index contributed by atoms with van der Waals surface area (Å²) in [6, 6.07) is 7.18. The highest BCUT2D eigenvalue weighted by molar-refractivity contribution is 8.18. The Balaban J connectivity index is 1.60. The van der Waals surface area contributed by atoms with E-state index >= 15 is 0 Å². The molecule has 0 saturated carbocycles. The molecule has 140 valence electrons. The first-order valence-electron chi connectivity index (χ1n) is 8.21. The first-order chi connectivity index (χ1) is 13.1. The maximum absolute atomic E-state index is 12.5. The van der Waals surface area contributed by atoms with Crippen LogP contribution in [0, 0.1) is 0 Å². The fourth-order valence-corrected chi connectivity index (χ4v) is 3.35. The van der Waals surface area contributed by atoms with Crippen molar-refractivity contribution in [1.29, 1.82) is 0 Å². The van der Waals surface area contributed by atoms with Crippen LogP contribution >= 0.6 is 11.8 Å². The molecule has 3 amide bonds. The number of thioether (sulfide) groups is 1. The maximum atomic E-state index is 12.5. The maximum Gasteiger partial charge on any atom is 0.294 e. The van der Waals surface area contributed by atoms with Crippen LogP contribution in [0.4, 0.5) is 4.79 Å². The number of ether oxygens (including phenoxy) is 1.